The molecule has 2 rings (SSSR count). The number of hydrogen-bond acceptors (Lipinski definition) is 2. The van der Waals surface area contributed by atoms with Gasteiger partial charge in [0, 0.05) is 15.1 Å². The van der Waals surface area contributed by atoms with Gasteiger partial charge >= 0.3 is 6.18 Å². The molecular weight excluding hydrogens is 273 g/mol. The highest BCUT2D eigenvalue weighted by Gasteiger charge is 2.38. The van der Waals surface area contributed by atoms with Gasteiger partial charge in [-0.1, -0.05) is 17.7 Å². The van der Waals surface area contributed by atoms with E-state index < -0.39 is 17.5 Å². The highest BCUT2D eigenvalue weighted by molar-refractivity contribution is 7.21. The number of hydrogen-bond donors (Lipinski definition) is 0. The van der Waals surface area contributed by atoms with Gasteiger partial charge in [-0.3, -0.25) is 4.79 Å². The average molecular weight is 279 g/mol. The average Bonchev–Trinajstić information content (AvgIpc) is 2.55. The zero-order valence-electron chi connectivity index (χ0n) is 8.56. The first-order valence-electron chi connectivity index (χ1n) is 4.61. The van der Waals surface area contributed by atoms with Gasteiger partial charge in [-0.2, -0.15) is 13.2 Å². The molecule has 0 amide bonds. The van der Waals surface area contributed by atoms with E-state index in [0.717, 1.165) is 18.3 Å². The third kappa shape index (κ3) is 2.17. The highest BCUT2D eigenvalue weighted by Crippen LogP contribution is 2.43. The zero-order chi connectivity index (χ0) is 12.8. The van der Waals surface area contributed by atoms with E-state index in [4.69, 9.17) is 11.6 Å². The third-order valence-electron chi connectivity index (χ3n) is 2.26. The lowest BCUT2D eigenvalue weighted by Gasteiger charge is -2.06. The minimum atomic E-state index is -4.53. The maximum Gasteiger partial charge on any atom is 0.418 e. The smallest absolute Gasteiger partial charge is 0.294 e. The van der Waals surface area contributed by atoms with E-state index in [2.05, 4.69) is 0 Å². The number of halogens is 4. The minimum Gasteiger partial charge on any atom is -0.294 e. The lowest BCUT2D eigenvalue weighted by molar-refractivity contribution is -0.136. The number of rotatable bonds is 1. The van der Waals surface area contributed by atoms with Crippen LogP contribution in [-0.4, -0.2) is 5.78 Å². The molecule has 0 saturated carbocycles. The molecule has 0 aliphatic heterocycles. The van der Waals surface area contributed by atoms with E-state index in [9.17, 15) is 18.0 Å². The SMILES string of the molecule is CC(=O)c1sc2cc(Cl)ccc2c1C(F)(F)F. The van der Waals surface area contributed by atoms with Crippen molar-refractivity contribution in [2.75, 3.05) is 0 Å². The lowest BCUT2D eigenvalue weighted by Crippen LogP contribution is -2.08. The molecule has 0 aliphatic carbocycles. The molecule has 1 heterocycles. The van der Waals surface area contributed by atoms with E-state index in [-0.39, 0.29) is 10.3 Å². The Balaban J connectivity index is 2.86. The predicted octanol–water partition coefficient (Wildman–Crippen LogP) is 4.78. The van der Waals surface area contributed by atoms with Crippen molar-refractivity contribution < 1.29 is 18.0 Å². The standard InChI is InChI=1S/C11H6ClF3OS/c1-5(16)10-9(11(13,14)15)7-3-2-6(12)4-8(7)17-10/h2-4H,1H3. The van der Waals surface area contributed by atoms with Gasteiger partial charge in [-0.05, 0) is 19.1 Å². The molecule has 1 aromatic heterocycles. The molecule has 0 atom stereocenters. The van der Waals surface area contributed by atoms with Crippen molar-refractivity contribution in [1.82, 2.24) is 0 Å². The summed E-state index contributed by atoms with van der Waals surface area (Å²) >= 11 is 6.53. The molecule has 90 valence electrons. The van der Waals surface area contributed by atoms with Gasteiger partial charge < -0.3 is 0 Å². The third-order valence-corrected chi connectivity index (χ3v) is 3.74. The van der Waals surface area contributed by atoms with Gasteiger partial charge in [-0.25, -0.2) is 0 Å². The Labute approximate surface area is 104 Å². The number of carbonyl (C=O) groups is 1. The molecule has 0 saturated heterocycles. The number of alkyl halides is 3. The van der Waals surface area contributed by atoms with E-state index in [0.29, 0.717) is 9.72 Å². The topological polar surface area (TPSA) is 17.1 Å². The van der Waals surface area contributed by atoms with Gasteiger partial charge in [-0.15, -0.1) is 11.3 Å². The monoisotopic (exact) mass is 278 g/mol. The highest BCUT2D eigenvalue weighted by atomic mass is 35.5. The van der Waals surface area contributed by atoms with Gasteiger partial charge in [0.05, 0.1) is 10.4 Å². The maximum atomic E-state index is 12.9. The molecule has 0 radical (unpaired) electrons. The maximum absolute atomic E-state index is 12.9. The molecule has 17 heavy (non-hydrogen) atoms. The quantitative estimate of drug-likeness (QED) is 0.686. The first-order chi connectivity index (χ1) is 7.80. The molecule has 0 bridgehead atoms. The van der Waals surface area contributed by atoms with Gasteiger partial charge in [0.25, 0.3) is 0 Å². The first-order valence-corrected chi connectivity index (χ1v) is 5.80. The second-order valence-electron chi connectivity index (χ2n) is 3.50. The van der Waals surface area contributed by atoms with E-state index in [1.165, 1.54) is 18.2 Å². The fourth-order valence-electron chi connectivity index (χ4n) is 1.60. The zero-order valence-corrected chi connectivity index (χ0v) is 10.1. The van der Waals surface area contributed by atoms with Crippen LogP contribution in [0.4, 0.5) is 13.2 Å². The number of fused-ring (bicyclic) bond motifs is 1. The molecule has 0 N–H and O–H groups in total. The number of Topliss-reactive ketones (excluding diaryl/α,β-unsaturated/α-hetero) is 1. The number of thiophene rings is 1. The van der Waals surface area contributed by atoms with Crippen LogP contribution in [-0.2, 0) is 6.18 Å². The van der Waals surface area contributed by atoms with Crippen molar-refractivity contribution in [3.05, 3.63) is 33.7 Å². The van der Waals surface area contributed by atoms with Gasteiger partial charge in [0.1, 0.15) is 0 Å². The second kappa shape index (κ2) is 3.99. The summed E-state index contributed by atoms with van der Waals surface area (Å²) in [6.45, 7) is 1.13. The number of carbonyl (C=O) groups excluding carboxylic acids is 1. The van der Waals surface area contributed by atoms with Gasteiger partial charge in [0.2, 0.25) is 0 Å². The van der Waals surface area contributed by atoms with Crippen LogP contribution in [0.5, 0.6) is 0 Å². The molecule has 1 aromatic carbocycles. The molecule has 6 heteroatoms. The Bertz CT molecular complexity index is 601. The summed E-state index contributed by atoms with van der Waals surface area (Å²) in [5.74, 6) is -0.588. The molecule has 0 aliphatic rings. The molecule has 0 fully saturated rings. The van der Waals surface area contributed by atoms with Crippen molar-refractivity contribution >= 4 is 38.8 Å². The Hall–Kier alpha value is -1.07. The van der Waals surface area contributed by atoms with Crippen LogP contribution >= 0.6 is 22.9 Å². The summed E-state index contributed by atoms with van der Waals surface area (Å²) in [6.07, 6.45) is -4.53. The summed E-state index contributed by atoms with van der Waals surface area (Å²) in [5.41, 5.74) is -0.860. The summed E-state index contributed by atoms with van der Waals surface area (Å²) in [7, 11) is 0. The molecule has 0 spiro atoms. The second-order valence-corrected chi connectivity index (χ2v) is 4.99. The lowest BCUT2D eigenvalue weighted by atomic mass is 10.1. The summed E-state index contributed by atoms with van der Waals surface area (Å²) in [5, 5.41) is 0.375. The minimum absolute atomic E-state index is 0.0251. The Morgan fingerprint density at radius 2 is 2.00 bits per heavy atom. The van der Waals surface area contributed by atoms with Crippen molar-refractivity contribution in [3.8, 4) is 0 Å². The molecule has 0 unspecified atom stereocenters. The Kier molecular flexibility index (Phi) is 2.91. The summed E-state index contributed by atoms with van der Waals surface area (Å²) in [4.78, 5) is 11.0. The van der Waals surface area contributed by atoms with Crippen LogP contribution in [0.2, 0.25) is 5.02 Å². The fraction of sp³-hybridized carbons (Fsp3) is 0.182. The van der Waals surface area contributed by atoms with Crippen LogP contribution in [0.25, 0.3) is 10.1 Å². The van der Waals surface area contributed by atoms with E-state index in [1.807, 2.05) is 0 Å². The van der Waals surface area contributed by atoms with Crippen molar-refractivity contribution in [2.24, 2.45) is 0 Å². The van der Waals surface area contributed by atoms with Crippen LogP contribution in [0.1, 0.15) is 22.2 Å². The van der Waals surface area contributed by atoms with Crippen molar-refractivity contribution in [2.45, 2.75) is 13.1 Å². The van der Waals surface area contributed by atoms with Crippen LogP contribution in [0, 0.1) is 0 Å². The van der Waals surface area contributed by atoms with Crippen LogP contribution < -0.4 is 0 Å². The van der Waals surface area contributed by atoms with E-state index >= 15 is 0 Å². The summed E-state index contributed by atoms with van der Waals surface area (Å²) < 4.78 is 39.1. The van der Waals surface area contributed by atoms with E-state index in [1.54, 1.807) is 0 Å². The van der Waals surface area contributed by atoms with Gasteiger partial charge in [0.15, 0.2) is 5.78 Å². The summed E-state index contributed by atoms with van der Waals surface area (Å²) in [6, 6.07) is 4.11. The Morgan fingerprint density at radius 1 is 1.35 bits per heavy atom. The Morgan fingerprint density at radius 3 is 2.53 bits per heavy atom. The predicted molar refractivity (Wildman–Crippen MR) is 61.8 cm³/mol. The molecule has 2 aromatic rings. The van der Waals surface area contributed by atoms with Crippen molar-refractivity contribution in [1.29, 1.82) is 0 Å². The number of ketones is 1. The first kappa shape index (κ1) is 12.4. The van der Waals surface area contributed by atoms with Crippen molar-refractivity contribution in [3.63, 3.8) is 0 Å². The van der Waals surface area contributed by atoms with Crippen LogP contribution in [0.3, 0.4) is 0 Å². The molecule has 1 nitrogen and oxygen atoms in total. The number of benzene rings is 1. The normalized spacial score (nSPS) is 12.1. The largest absolute Gasteiger partial charge is 0.418 e. The molecular formula is C11H6ClF3OS. The fourth-order valence-corrected chi connectivity index (χ4v) is 2.99. The van der Waals surface area contributed by atoms with Crippen LogP contribution in [0.15, 0.2) is 18.2 Å².